The van der Waals surface area contributed by atoms with E-state index in [0.29, 0.717) is 18.9 Å². The van der Waals surface area contributed by atoms with E-state index >= 15 is 0 Å². The minimum absolute atomic E-state index is 0.238. The Balaban J connectivity index is 1.65. The molecule has 3 heterocycles. The summed E-state index contributed by atoms with van der Waals surface area (Å²) in [5.74, 6) is -0.0415. The Morgan fingerprint density at radius 3 is 2.38 bits per heavy atom. The summed E-state index contributed by atoms with van der Waals surface area (Å²) in [4.78, 5) is 25.6. The van der Waals surface area contributed by atoms with Crippen molar-refractivity contribution in [1.82, 2.24) is 9.97 Å². The van der Waals surface area contributed by atoms with E-state index < -0.39 is 17.7 Å². The molecule has 4 rings (SSSR count). The molecule has 0 aliphatic carbocycles. The quantitative estimate of drug-likeness (QED) is 0.172. The molecule has 244 valence electrons. The number of rotatable bonds is 11. The van der Waals surface area contributed by atoms with Crippen molar-refractivity contribution >= 4 is 17.3 Å². The SMILES string of the molecule is Cc1cc(F)ccc1OCCNc1ccc(-c2cnc(C)c([C@H](OC(C)(C)C)C(=O)OC(C)C)c2N2CCC(C)(C)CC2)nc1. The number of halogens is 1. The first-order chi connectivity index (χ1) is 21.1. The van der Waals surface area contributed by atoms with Gasteiger partial charge in [0.1, 0.15) is 18.2 Å². The van der Waals surface area contributed by atoms with Gasteiger partial charge in [0.2, 0.25) is 0 Å². The molecule has 45 heavy (non-hydrogen) atoms. The molecule has 2 aromatic heterocycles. The van der Waals surface area contributed by atoms with Gasteiger partial charge in [-0.1, -0.05) is 13.8 Å². The van der Waals surface area contributed by atoms with Gasteiger partial charge in [0.15, 0.2) is 6.10 Å². The summed E-state index contributed by atoms with van der Waals surface area (Å²) in [5, 5.41) is 3.34. The molecule has 0 amide bonds. The van der Waals surface area contributed by atoms with Gasteiger partial charge in [0, 0.05) is 42.7 Å². The largest absolute Gasteiger partial charge is 0.491 e. The van der Waals surface area contributed by atoms with Crippen LogP contribution in [-0.2, 0) is 14.3 Å². The number of esters is 1. The van der Waals surface area contributed by atoms with E-state index in [1.165, 1.54) is 12.1 Å². The van der Waals surface area contributed by atoms with Crippen molar-refractivity contribution in [2.45, 2.75) is 93.0 Å². The number of anilines is 2. The van der Waals surface area contributed by atoms with Crippen LogP contribution < -0.4 is 15.0 Å². The zero-order chi connectivity index (χ0) is 32.9. The standard InChI is InChI=1S/C36H49FN4O4/c1-23(2)44-34(42)33(45-35(5,6)7)31-25(4)39-22-28(32(31)41-17-14-36(8,9)15-18-41)29-12-11-27(21-40-29)38-16-19-43-30-13-10-26(37)20-24(30)3/h10-13,20-23,33,38H,14-19H2,1-9H3/t33-/m0/s1. The lowest BCUT2D eigenvalue weighted by atomic mass is 9.82. The van der Waals surface area contributed by atoms with E-state index in [2.05, 4.69) is 24.1 Å². The van der Waals surface area contributed by atoms with Gasteiger partial charge >= 0.3 is 5.97 Å². The molecule has 0 unspecified atom stereocenters. The summed E-state index contributed by atoms with van der Waals surface area (Å²) in [6.07, 6.45) is 4.44. The molecule has 0 saturated carbocycles. The number of aromatic nitrogens is 2. The van der Waals surface area contributed by atoms with Crippen molar-refractivity contribution in [3.63, 3.8) is 0 Å². The van der Waals surface area contributed by atoms with E-state index in [0.717, 1.165) is 65.4 Å². The van der Waals surface area contributed by atoms with Gasteiger partial charge in [0.25, 0.3) is 0 Å². The Morgan fingerprint density at radius 1 is 1.07 bits per heavy atom. The van der Waals surface area contributed by atoms with Gasteiger partial charge in [-0.3, -0.25) is 9.97 Å². The molecule has 1 aromatic carbocycles. The van der Waals surface area contributed by atoms with Crippen molar-refractivity contribution in [2.24, 2.45) is 5.41 Å². The molecular formula is C36H49FN4O4. The van der Waals surface area contributed by atoms with Crippen molar-refractivity contribution in [2.75, 3.05) is 36.5 Å². The number of hydrogen-bond donors (Lipinski definition) is 1. The fraction of sp³-hybridized carbons (Fsp3) is 0.528. The van der Waals surface area contributed by atoms with Crippen LogP contribution in [-0.4, -0.2) is 53.9 Å². The van der Waals surface area contributed by atoms with Gasteiger partial charge in [0.05, 0.1) is 35.0 Å². The van der Waals surface area contributed by atoms with Gasteiger partial charge < -0.3 is 24.4 Å². The molecule has 1 N–H and O–H groups in total. The monoisotopic (exact) mass is 620 g/mol. The fourth-order valence-electron chi connectivity index (χ4n) is 5.45. The average molecular weight is 621 g/mol. The zero-order valence-corrected chi connectivity index (χ0v) is 28.3. The number of piperidine rings is 1. The van der Waals surface area contributed by atoms with Gasteiger partial charge in [-0.05, 0) is 103 Å². The molecule has 1 atom stereocenters. The highest BCUT2D eigenvalue weighted by Crippen LogP contribution is 2.43. The number of pyridine rings is 2. The first kappa shape index (κ1) is 34.2. The average Bonchev–Trinajstić information content (AvgIpc) is 2.95. The summed E-state index contributed by atoms with van der Waals surface area (Å²) in [7, 11) is 0. The first-order valence-electron chi connectivity index (χ1n) is 15.9. The summed E-state index contributed by atoms with van der Waals surface area (Å²) in [5.41, 5.74) is 5.20. The Bertz CT molecular complexity index is 1460. The molecule has 1 aliphatic heterocycles. The molecule has 1 saturated heterocycles. The Kier molecular flexibility index (Phi) is 10.7. The second kappa shape index (κ2) is 14.1. The fourth-order valence-corrected chi connectivity index (χ4v) is 5.45. The molecule has 9 heteroatoms. The normalized spacial score (nSPS) is 15.6. The maximum atomic E-state index is 13.6. The lowest BCUT2D eigenvalue weighted by Gasteiger charge is -2.41. The third-order valence-corrected chi connectivity index (χ3v) is 7.89. The number of aryl methyl sites for hydroxylation is 2. The van der Waals surface area contributed by atoms with Gasteiger partial charge in [-0.25, -0.2) is 9.18 Å². The van der Waals surface area contributed by atoms with Crippen LogP contribution in [0.5, 0.6) is 5.75 Å². The Morgan fingerprint density at radius 2 is 1.78 bits per heavy atom. The molecular weight excluding hydrogens is 571 g/mol. The van der Waals surface area contributed by atoms with Crippen LogP contribution in [0.1, 0.15) is 84.2 Å². The van der Waals surface area contributed by atoms with E-state index in [9.17, 15) is 9.18 Å². The molecule has 8 nitrogen and oxygen atoms in total. The van der Waals surface area contributed by atoms with Crippen molar-refractivity contribution < 1.29 is 23.4 Å². The van der Waals surface area contributed by atoms with E-state index in [1.54, 1.807) is 12.3 Å². The summed E-state index contributed by atoms with van der Waals surface area (Å²) < 4.78 is 31.4. The predicted molar refractivity (Wildman–Crippen MR) is 177 cm³/mol. The number of benzene rings is 1. The van der Waals surface area contributed by atoms with E-state index in [1.807, 2.05) is 66.8 Å². The third kappa shape index (κ3) is 9.16. The number of nitrogens with one attached hydrogen (secondary N) is 1. The Hall–Kier alpha value is -3.72. The number of ether oxygens (including phenoxy) is 3. The molecule has 1 fully saturated rings. The van der Waals surface area contributed by atoms with Crippen LogP contribution in [0.15, 0.2) is 42.7 Å². The Labute approximate surface area is 267 Å². The van der Waals surface area contributed by atoms with Crippen LogP contribution >= 0.6 is 0 Å². The van der Waals surface area contributed by atoms with Crippen molar-refractivity contribution in [1.29, 1.82) is 0 Å². The highest BCUT2D eigenvalue weighted by atomic mass is 19.1. The first-order valence-corrected chi connectivity index (χ1v) is 15.9. The molecule has 1 aliphatic rings. The summed E-state index contributed by atoms with van der Waals surface area (Å²) >= 11 is 0. The van der Waals surface area contributed by atoms with E-state index in [4.69, 9.17) is 24.2 Å². The van der Waals surface area contributed by atoms with Crippen LogP contribution in [0.25, 0.3) is 11.3 Å². The summed E-state index contributed by atoms with van der Waals surface area (Å²) in [6, 6.07) is 8.44. The second-order valence-electron chi connectivity index (χ2n) is 13.9. The van der Waals surface area contributed by atoms with Crippen LogP contribution in [0, 0.1) is 25.1 Å². The predicted octanol–water partition coefficient (Wildman–Crippen LogP) is 7.82. The highest BCUT2D eigenvalue weighted by Gasteiger charge is 2.37. The minimum atomic E-state index is -0.949. The highest BCUT2D eigenvalue weighted by molar-refractivity contribution is 5.86. The van der Waals surface area contributed by atoms with Crippen LogP contribution in [0.2, 0.25) is 0 Å². The number of nitrogens with zero attached hydrogens (tertiary/aromatic N) is 3. The number of carbonyl (C=O) groups excluding carboxylic acids is 1. The lowest BCUT2D eigenvalue weighted by Crippen LogP contribution is -2.39. The van der Waals surface area contributed by atoms with Crippen molar-refractivity contribution in [3.8, 4) is 17.0 Å². The second-order valence-corrected chi connectivity index (χ2v) is 13.9. The topological polar surface area (TPSA) is 85.8 Å². The van der Waals surface area contributed by atoms with Crippen molar-refractivity contribution in [3.05, 3.63) is 65.4 Å². The molecule has 3 aromatic rings. The maximum Gasteiger partial charge on any atom is 0.340 e. The van der Waals surface area contributed by atoms with Gasteiger partial charge in [-0.2, -0.15) is 0 Å². The minimum Gasteiger partial charge on any atom is -0.491 e. The molecule has 0 bridgehead atoms. The smallest absolute Gasteiger partial charge is 0.340 e. The van der Waals surface area contributed by atoms with Crippen LogP contribution in [0.3, 0.4) is 0 Å². The zero-order valence-electron chi connectivity index (χ0n) is 28.3. The molecule has 0 radical (unpaired) electrons. The molecule has 0 spiro atoms. The van der Waals surface area contributed by atoms with E-state index in [-0.39, 0.29) is 17.3 Å². The van der Waals surface area contributed by atoms with Crippen LogP contribution in [0.4, 0.5) is 15.8 Å². The summed E-state index contributed by atoms with van der Waals surface area (Å²) in [6.45, 7) is 20.5. The number of carbonyl (C=O) groups is 1. The van der Waals surface area contributed by atoms with Gasteiger partial charge in [-0.15, -0.1) is 0 Å². The third-order valence-electron chi connectivity index (χ3n) is 7.89. The maximum absolute atomic E-state index is 13.6. The number of hydrogen-bond acceptors (Lipinski definition) is 8. The lowest BCUT2D eigenvalue weighted by molar-refractivity contribution is -0.171.